The maximum atomic E-state index is 13.6. The summed E-state index contributed by atoms with van der Waals surface area (Å²) in [7, 11) is 0. The predicted molar refractivity (Wildman–Crippen MR) is 76.9 cm³/mol. The van der Waals surface area contributed by atoms with Gasteiger partial charge in [0.25, 0.3) is 0 Å². The van der Waals surface area contributed by atoms with E-state index in [4.69, 9.17) is 10.1 Å². The number of carbonyl (C=O) groups excluding carboxylic acids is 1. The Morgan fingerprint density at radius 2 is 2.09 bits per heavy atom. The number of nitrogens with zero attached hydrogens (tertiary/aromatic N) is 2. The summed E-state index contributed by atoms with van der Waals surface area (Å²) in [6.07, 6.45) is 2.20. The molecular formula is C16H18FN3O2. The van der Waals surface area contributed by atoms with Gasteiger partial charge in [-0.2, -0.15) is 5.26 Å². The number of amides is 1. The van der Waals surface area contributed by atoms with Gasteiger partial charge in [0.05, 0.1) is 24.3 Å². The summed E-state index contributed by atoms with van der Waals surface area (Å²) in [6.45, 7) is 2.08. The Labute approximate surface area is 128 Å². The second-order valence-corrected chi connectivity index (χ2v) is 5.71. The maximum Gasteiger partial charge on any atom is 0.249 e. The van der Waals surface area contributed by atoms with Crippen molar-refractivity contribution in [1.29, 1.82) is 5.26 Å². The van der Waals surface area contributed by atoms with E-state index >= 15 is 0 Å². The van der Waals surface area contributed by atoms with Gasteiger partial charge in [-0.25, -0.2) is 9.45 Å². The summed E-state index contributed by atoms with van der Waals surface area (Å²) in [5.74, 6) is -0.548. The summed E-state index contributed by atoms with van der Waals surface area (Å²) in [5.41, 5.74) is 0.882. The Bertz CT molecular complexity index is 608. The van der Waals surface area contributed by atoms with Gasteiger partial charge in [0.1, 0.15) is 5.82 Å². The summed E-state index contributed by atoms with van der Waals surface area (Å²) in [6, 6.07) is 5.83. The summed E-state index contributed by atoms with van der Waals surface area (Å²) >= 11 is 0. The van der Waals surface area contributed by atoms with Gasteiger partial charge in [0.15, 0.2) is 0 Å². The van der Waals surface area contributed by atoms with Crippen LogP contribution in [-0.4, -0.2) is 30.7 Å². The Morgan fingerprint density at radius 3 is 2.82 bits per heavy atom. The van der Waals surface area contributed by atoms with Crippen LogP contribution in [0.5, 0.6) is 0 Å². The van der Waals surface area contributed by atoms with E-state index in [9.17, 15) is 9.18 Å². The third-order valence-electron chi connectivity index (χ3n) is 4.24. The molecule has 1 aromatic rings. The zero-order valence-corrected chi connectivity index (χ0v) is 12.2. The van der Waals surface area contributed by atoms with Crippen molar-refractivity contribution in [3.63, 3.8) is 0 Å². The lowest BCUT2D eigenvalue weighted by atomic mass is 9.95. The first-order valence-corrected chi connectivity index (χ1v) is 7.56. The van der Waals surface area contributed by atoms with Crippen LogP contribution in [-0.2, 0) is 9.63 Å². The number of carbonyl (C=O) groups is 1. The Hall–Kier alpha value is -1.97. The van der Waals surface area contributed by atoms with Crippen LogP contribution in [0, 0.1) is 23.1 Å². The van der Waals surface area contributed by atoms with Gasteiger partial charge in [-0.1, -0.05) is 0 Å². The van der Waals surface area contributed by atoms with Crippen molar-refractivity contribution < 1.29 is 14.0 Å². The molecule has 1 amide bonds. The molecule has 0 bridgehead atoms. The fourth-order valence-corrected chi connectivity index (χ4v) is 3.11. The van der Waals surface area contributed by atoms with E-state index in [-0.39, 0.29) is 23.4 Å². The SMILES string of the molecule is N#Cc1cc(F)cc([C@@H]2CCON2C(=O)C2CCNCC2)c1. The van der Waals surface area contributed by atoms with Crippen molar-refractivity contribution in [3.8, 4) is 6.07 Å². The zero-order chi connectivity index (χ0) is 15.5. The summed E-state index contributed by atoms with van der Waals surface area (Å²) < 4.78 is 13.6. The van der Waals surface area contributed by atoms with Gasteiger partial charge in [-0.05, 0) is 49.7 Å². The van der Waals surface area contributed by atoms with Gasteiger partial charge in [-0.15, -0.1) is 0 Å². The first-order chi connectivity index (χ1) is 10.7. The highest BCUT2D eigenvalue weighted by Crippen LogP contribution is 2.33. The van der Waals surface area contributed by atoms with Crippen LogP contribution >= 0.6 is 0 Å². The number of nitrogens with one attached hydrogen (secondary N) is 1. The van der Waals surface area contributed by atoms with E-state index in [0.717, 1.165) is 25.9 Å². The van der Waals surface area contributed by atoms with E-state index in [1.165, 1.54) is 17.2 Å². The standard InChI is InChI=1S/C16H18FN3O2/c17-14-8-11(10-18)7-13(9-14)15-3-6-22-20(15)16(21)12-1-4-19-5-2-12/h7-9,12,15,19H,1-6H2/t15-/m0/s1. The van der Waals surface area contributed by atoms with Crippen molar-refractivity contribution >= 4 is 5.91 Å². The van der Waals surface area contributed by atoms with E-state index in [2.05, 4.69) is 5.32 Å². The third-order valence-corrected chi connectivity index (χ3v) is 4.24. The molecule has 1 aromatic carbocycles. The van der Waals surface area contributed by atoms with Gasteiger partial charge in [0.2, 0.25) is 5.91 Å². The highest BCUT2D eigenvalue weighted by Gasteiger charge is 2.36. The average Bonchev–Trinajstić information content (AvgIpc) is 3.04. The van der Waals surface area contributed by atoms with Crippen LogP contribution < -0.4 is 5.32 Å². The number of hydrogen-bond acceptors (Lipinski definition) is 4. The molecule has 5 nitrogen and oxygen atoms in total. The van der Waals surface area contributed by atoms with Gasteiger partial charge in [-0.3, -0.25) is 9.63 Å². The molecule has 6 heteroatoms. The first kappa shape index (κ1) is 14.9. The van der Waals surface area contributed by atoms with E-state index < -0.39 is 5.82 Å². The second-order valence-electron chi connectivity index (χ2n) is 5.71. The fourth-order valence-electron chi connectivity index (χ4n) is 3.11. The summed E-state index contributed by atoms with van der Waals surface area (Å²) in [4.78, 5) is 18.1. The highest BCUT2D eigenvalue weighted by molar-refractivity contribution is 5.78. The monoisotopic (exact) mass is 303 g/mol. The molecule has 2 fully saturated rings. The van der Waals surface area contributed by atoms with Gasteiger partial charge in [0, 0.05) is 12.3 Å². The number of piperidine rings is 1. The fraction of sp³-hybridized carbons (Fsp3) is 0.500. The molecule has 0 unspecified atom stereocenters. The minimum absolute atomic E-state index is 0.0354. The number of rotatable bonds is 2. The molecule has 0 aromatic heterocycles. The van der Waals surface area contributed by atoms with Crippen LogP contribution in [0.15, 0.2) is 18.2 Å². The van der Waals surface area contributed by atoms with Gasteiger partial charge >= 0.3 is 0 Å². The van der Waals surface area contributed by atoms with Crippen LogP contribution in [0.3, 0.4) is 0 Å². The molecule has 2 aliphatic rings. The number of halogens is 1. The normalized spacial score (nSPS) is 22.5. The molecule has 0 spiro atoms. The molecule has 2 aliphatic heterocycles. The number of hydroxylamine groups is 2. The Morgan fingerprint density at radius 1 is 1.32 bits per heavy atom. The number of benzene rings is 1. The van der Waals surface area contributed by atoms with Crippen LogP contribution in [0.2, 0.25) is 0 Å². The number of nitriles is 1. The van der Waals surface area contributed by atoms with Crippen LogP contribution in [0.4, 0.5) is 4.39 Å². The summed E-state index contributed by atoms with van der Waals surface area (Å²) in [5, 5.41) is 13.6. The van der Waals surface area contributed by atoms with Crippen molar-refractivity contribution in [3.05, 3.63) is 35.1 Å². The lowest BCUT2D eigenvalue weighted by Crippen LogP contribution is -2.40. The average molecular weight is 303 g/mol. The molecular weight excluding hydrogens is 285 g/mol. The molecule has 1 atom stereocenters. The minimum atomic E-state index is -0.463. The molecule has 116 valence electrons. The topological polar surface area (TPSA) is 65.4 Å². The maximum absolute atomic E-state index is 13.6. The van der Waals surface area contributed by atoms with Crippen LogP contribution in [0.25, 0.3) is 0 Å². The van der Waals surface area contributed by atoms with E-state index in [1.807, 2.05) is 6.07 Å². The first-order valence-electron chi connectivity index (χ1n) is 7.56. The van der Waals surface area contributed by atoms with Gasteiger partial charge < -0.3 is 5.32 Å². The second kappa shape index (κ2) is 6.42. The zero-order valence-electron chi connectivity index (χ0n) is 12.2. The van der Waals surface area contributed by atoms with Crippen LogP contribution in [0.1, 0.15) is 36.4 Å². The highest BCUT2D eigenvalue weighted by atomic mass is 19.1. The molecule has 3 rings (SSSR count). The molecule has 22 heavy (non-hydrogen) atoms. The Balaban J connectivity index is 1.82. The lowest BCUT2D eigenvalue weighted by Gasteiger charge is -2.29. The molecule has 2 saturated heterocycles. The molecule has 0 aliphatic carbocycles. The van der Waals surface area contributed by atoms with E-state index in [1.54, 1.807) is 6.07 Å². The molecule has 0 radical (unpaired) electrons. The van der Waals surface area contributed by atoms with Crippen molar-refractivity contribution in [2.24, 2.45) is 5.92 Å². The smallest absolute Gasteiger partial charge is 0.249 e. The largest absolute Gasteiger partial charge is 0.317 e. The number of hydrogen-bond donors (Lipinski definition) is 1. The molecule has 2 heterocycles. The molecule has 0 saturated carbocycles. The Kier molecular flexibility index (Phi) is 4.36. The minimum Gasteiger partial charge on any atom is -0.317 e. The van der Waals surface area contributed by atoms with Crippen molar-refractivity contribution in [2.45, 2.75) is 25.3 Å². The lowest BCUT2D eigenvalue weighted by molar-refractivity contribution is -0.182. The third kappa shape index (κ3) is 2.96. The van der Waals surface area contributed by atoms with E-state index in [0.29, 0.717) is 18.6 Å². The quantitative estimate of drug-likeness (QED) is 0.906. The predicted octanol–water partition coefficient (Wildman–Crippen LogP) is 1.90. The van der Waals surface area contributed by atoms with Crippen molar-refractivity contribution in [2.75, 3.05) is 19.7 Å². The van der Waals surface area contributed by atoms with Crippen molar-refractivity contribution in [1.82, 2.24) is 10.4 Å². The molecule has 1 N–H and O–H groups in total.